The number of aromatic amines is 1. The summed E-state index contributed by atoms with van der Waals surface area (Å²) in [5, 5.41) is 2.19. The molecule has 0 saturated carbocycles. The van der Waals surface area contributed by atoms with Gasteiger partial charge in [0.1, 0.15) is 5.58 Å². The van der Waals surface area contributed by atoms with E-state index in [1.54, 1.807) is 0 Å². The highest BCUT2D eigenvalue weighted by Crippen LogP contribution is 2.27. The minimum Gasteiger partial charge on any atom is -0.423 e. The zero-order chi connectivity index (χ0) is 12.2. The number of benzene rings is 1. The standard InChI is InChI=1S/C14H13NO2/c1-7-4-14(16)17-13-6-12-11(5-10(7)13)8(2)9(3)15-12/h4-6,15H,1-3H3. The van der Waals surface area contributed by atoms with Gasteiger partial charge >= 0.3 is 5.63 Å². The lowest BCUT2D eigenvalue weighted by atomic mass is 10.1. The molecule has 1 N–H and O–H groups in total. The summed E-state index contributed by atoms with van der Waals surface area (Å²) in [6, 6.07) is 5.52. The zero-order valence-electron chi connectivity index (χ0n) is 10.0. The summed E-state index contributed by atoms with van der Waals surface area (Å²) < 4.78 is 5.22. The van der Waals surface area contributed by atoms with Gasteiger partial charge in [0.15, 0.2) is 0 Å². The first-order chi connectivity index (χ1) is 8.06. The summed E-state index contributed by atoms with van der Waals surface area (Å²) in [6.45, 7) is 6.07. The quantitative estimate of drug-likeness (QED) is 0.599. The Morgan fingerprint density at radius 2 is 1.82 bits per heavy atom. The van der Waals surface area contributed by atoms with Crippen LogP contribution in [-0.2, 0) is 0 Å². The molecule has 86 valence electrons. The molecule has 1 aromatic carbocycles. The highest BCUT2D eigenvalue weighted by atomic mass is 16.4. The van der Waals surface area contributed by atoms with E-state index in [1.165, 1.54) is 17.0 Å². The molecule has 0 saturated heterocycles. The average Bonchev–Trinajstić information content (AvgIpc) is 2.52. The van der Waals surface area contributed by atoms with Crippen molar-refractivity contribution in [1.29, 1.82) is 0 Å². The van der Waals surface area contributed by atoms with Crippen molar-refractivity contribution < 1.29 is 4.42 Å². The molecule has 0 aliphatic heterocycles. The molecule has 0 fully saturated rings. The predicted octanol–water partition coefficient (Wildman–Crippen LogP) is 3.20. The Balaban J connectivity index is 2.56. The summed E-state index contributed by atoms with van der Waals surface area (Å²) >= 11 is 0. The van der Waals surface area contributed by atoms with E-state index in [9.17, 15) is 4.79 Å². The number of nitrogens with one attached hydrogen (secondary N) is 1. The number of H-pyrrole nitrogens is 1. The van der Waals surface area contributed by atoms with Crippen molar-refractivity contribution in [2.75, 3.05) is 0 Å². The van der Waals surface area contributed by atoms with Crippen molar-refractivity contribution in [3.8, 4) is 0 Å². The van der Waals surface area contributed by atoms with Crippen molar-refractivity contribution in [2.45, 2.75) is 20.8 Å². The lowest BCUT2D eigenvalue weighted by molar-refractivity contribution is 0.560. The summed E-state index contributed by atoms with van der Waals surface area (Å²) in [6.07, 6.45) is 0. The van der Waals surface area contributed by atoms with Crippen LogP contribution in [0.15, 0.2) is 27.4 Å². The van der Waals surface area contributed by atoms with Gasteiger partial charge in [-0.1, -0.05) is 0 Å². The van der Waals surface area contributed by atoms with E-state index in [1.807, 2.05) is 19.9 Å². The highest BCUT2D eigenvalue weighted by Gasteiger charge is 2.08. The second-order valence-electron chi connectivity index (χ2n) is 4.52. The van der Waals surface area contributed by atoms with Crippen molar-refractivity contribution in [1.82, 2.24) is 4.98 Å². The minimum absolute atomic E-state index is 0.297. The van der Waals surface area contributed by atoms with Gasteiger partial charge in [-0.2, -0.15) is 0 Å². The zero-order valence-corrected chi connectivity index (χ0v) is 10.0. The maximum Gasteiger partial charge on any atom is 0.336 e. The molecule has 0 radical (unpaired) electrons. The van der Waals surface area contributed by atoms with Crippen LogP contribution in [0.25, 0.3) is 21.9 Å². The number of aromatic nitrogens is 1. The van der Waals surface area contributed by atoms with Crippen LogP contribution < -0.4 is 5.63 Å². The number of aryl methyl sites for hydroxylation is 3. The Bertz CT molecular complexity index is 793. The first-order valence-corrected chi connectivity index (χ1v) is 5.59. The fourth-order valence-electron chi connectivity index (χ4n) is 2.28. The second-order valence-corrected chi connectivity index (χ2v) is 4.52. The molecule has 17 heavy (non-hydrogen) atoms. The monoisotopic (exact) mass is 227 g/mol. The van der Waals surface area contributed by atoms with E-state index in [4.69, 9.17) is 4.42 Å². The van der Waals surface area contributed by atoms with E-state index in [2.05, 4.69) is 18.0 Å². The van der Waals surface area contributed by atoms with E-state index in [-0.39, 0.29) is 5.63 Å². The van der Waals surface area contributed by atoms with Gasteiger partial charge in [-0.15, -0.1) is 0 Å². The molecular formula is C14H13NO2. The van der Waals surface area contributed by atoms with Crippen molar-refractivity contribution in [2.24, 2.45) is 0 Å². The van der Waals surface area contributed by atoms with Gasteiger partial charge < -0.3 is 9.40 Å². The molecule has 0 atom stereocenters. The third-order valence-electron chi connectivity index (χ3n) is 3.38. The molecule has 0 bridgehead atoms. The molecule has 3 aromatic rings. The van der Waals surface area contributed by atoms with Gasteiger partial charge in [0.05, 0.1) is 0 Å². The van der Waals surface area contributed by atoms with Crippen LogP contribution in [0.2, 0.25) is 0 Å². The van der Waals surface area contributed by atoms with Gasteiger partial charge in [-0.3, -0.25) is 0 Å². The highest BCUT2D eigenvalue weighted by molar-refractivity contribution is 5.97. The molecule has 3 nitrogen and oxygen atoms in total. The van der Waals surface area contributed by atoms with Crippen molar-refractivity contribution in [3.63, 3.8) is 0 Å². The third kappa shape index (κ3) is 1.39. The lowest BCUT2D eigenvalue weighted by Gasteiger charge is -2.01. The maximum absolute atomic E-state index is 11.3. The number of rotatable bonds is 0. The molecule has 0 aliphatic carbocycles. The SMILES string of the molecule is Cc1[nH]c2cc3oc(=O)cc(C)c3cc2c1C. The van der Waals surface area contributed by atoms with Gasteiger partial charge in [0, 0.05) is 34.1 Å². The number of fused-ring (bicyclic) bond motifs is 2. The molecule has 0 aliphatic rings. The molecule has 2 aromatic heterocycles. The molecule has 2 heterocycles. The summed E-state index contributed by atoms with van der Waals surface area (Å²) in [4.78, 5) is 14.6. The Kier molecular flexibility index (Phi) is 1.93. The number of hydrogen-bond acceptors (Lipinski definition) is 2. The smallest absolute Gasteiger partial charge is 0.336 e. The van der Waals surface area contributed by atoms with Crippen molar-refractivity contribution in [3.05, 3.63) is 45.4 Å². The van der Waals surface area contributed by atoms with E-state index in [0.29, 0.717) is 5.58 Å². The molecule has 3 heteroatoms. The van der Waals surface area contributed by atoms with Crippen LogP contribution >= 0.6 is 0 Å². The summed E-state index contributed by atoms with van der Waals surface area (Å²) in [5.74, 6) is 0. The fraction of sp³-hybridized carbons (Fsp3) is 0.214. The van der Waals surface area contributed by atoms with Crippen molar-refractivity contribution >= 4 is 21.9 Å². The summed E-state index contributed by atoms with van der Waals surface area (Å²) in [5.41, 5.74) is 4.71. The molecule has 3 rings (SSSR count). The van der Waals surface area contributed by atoms with Gasteiger partial charge in [0.25, 0.3) is 0 Å². The minimum atomic E-state index is -0.297. The normalized spacial score (nSPS) is 11.5. The summed E-state index contributed by atoms with van der Waals surface area (Å²) in [7, 11) is 0. The predicted molar refractivity (Wildman–Crippen MR) is 68.6 cm³/mol. The fourth-order valence-corrected chi connectivity index (χ4v) is 2.28. The van der Waals surface area contributed by atoms with Crippen LogP contribution in [0.5, 0.6) is 0 Å². The van der Waals surface area contributed by atoms with E-state index >= 15 is 0 Å². The number of hydrogen-bond donors (Lipinski definition) is 1. The Hall–Kier alpha value is -2.03. The largest absolute Gasteiger partial charge is 0.423 e. The Morgan fingerprint density at radius 3 is 2.59 bits per heavy atom. The lowest BCUT2D eigenvalue weighted by Crippen LogP contribution is -1.97. The van der Waals surface area contributed by atoms with Gasteiger partial charge in [0.2, 0.25) is 0 Å². The van der Waals surface area contributed by atoms with Crippen LogP contribution in [0.4, 0.5) is 0 Å². The van der Waals surface area contributed by atoms with Gasteiger partial charge in [-0.25, -0.2) is 4.79 Å². The first kappa shape index (κ1) is 10.1. The topological polar surface area (TPSA) is 46.0 Å². The second kappa shape index (κ2) is 3.23. The van der Waals surface area contributed by atoms with E-state index in [0.717, 1.165) is 22.2 Å². The molecule has 0 amide bonds. The van der Waals surface area contributed by atoms with Gasteiger partial charge in [-0.05, 0) is 38.0 Å². The maximum atomic E-state index is 11.3. The Labute approximate surface area is 98.1 Å². The molecule has 0 unspecified atom stereocenters. The molecular weight excluding hydrogens is 214 g/mol. The first-order valence-electron chi connectivity index (χ1n) is 5.59. The molecule has 0 spiro atoms. The van der Waals surface area contributed by atoms with E-state index < -0.39 is 0 Å². The van der Waals surface area contributed by atoms with Crippen LogP contribution in [0.3, 0.4) is 0 Å². The Morgan fingerprint density at radius 1 is 1.06 bits per heavy atom. The third-order valence-corrected chi connectivity index (χ3v) is 3.38. The average molecular weight is 227 g/mol. The van der Waals surface area contributed by atoms with Crippen LogP contribution in [0.1, 0.15) is 16.8 Å². The van der Waals surface area contributed by atoms with Crippen LogP contribution in [0, 0.1) is 20.8 Å². The van der Waals surface area contributed by atoms with Crippen LogP contribution in [-0.4, -0.2) is 4.98 Å².